The Morgan fingerprint density at radius 2 is 2.04 bits per heavy atom. The molecule has 28 heavy (non-hydrogen) atoms. The normalized spacial score (nSPS) is 13.3. The van der Waals surface area contributed by atoms with Crippen LogP contribution in [0.3, 0.4) is 0 Å². The molecule has 2 aromatic carbocycles. The van der Waals surface area contributed by atoms with Gasteiger partial charge in [-0.15, -0.1) is 0 Å². The second kappa shape index (κ2) is 7.76. The summed E-state index contributed by atoms with van der Waals surface area (Å²) in [5.41, 5.74) is 1.37. The Labute approximate surface area is 166 Å². The van der Waals surface area contributed by atoms with E-state index >= 15 is 0 Å². The van der Waals surface area contributed by atoms with E-state index in [1.807, 2.05) is 0 Å². The van der Waals surface area contributed by atoms with Crippen molar-refractivity contribution in [3.63, 3.8) is 0 Å². The minimum Gasteiger partial charge on any atom is -0.478 e. The molecule has 0 N–H and O–H groups in total. The lowest BCUT2D eigenvalue weighted by Gasteiger charge is -2.18. The molecule has 148 valence electrons. The van der Waals surface area contributed by atoms with Gasteiger partial charge in [-0.2, -0.15) is 0 Å². The van der Waals surface area contributed by atoms with Crippen LogP contribution in [0.4, 0.5) is 11.4 Å². The predicted molar refractivity (Wildman–Crippen MR) is 105 cm³/mol. The number of anilines is 1. The molecule has 0 saturated heterocycles. The van der Waals surface area contributed by atoms with Gasteiger partial charge in [-0.1, -0.05) is 11.6 Å². The van der Waals surface area contributed by atoms with Gasteiger partial charge in [0.05, 0.1) is 16.4 Å². The van der Waals surface area contributed by atoms with Crippen molar-refractivity contribution in [2.45, 2.75) is 13.3 Å². The molecule has 0 fully saturated rings. The molecule has 0 bridgehead atoms. The van der Waals surface area contributed by atoms with E-state index in [1.165, 1.54) is 22.5 Å². The zero-order valence-electron chi connectivity index (χ0n) is 14.9. The van der Waals surface area contributed by atoms with Crippen molar-refractivity contribution in [3.05, 3.63) is 62.7 Å². The Morgan fingerprint density at radius 3 is 2.71 bits per heavy atom. The van der Waals surface area contributed by atoms with E-state index < -0.39 is 21.6 Å². The summed E-state index contributed by atoms with van der Waals surface area (Å²) in [4.78, 5) is 22.9. The van der Waals surface area contributed by atoms with Crippen LogP contribution >= 0.6 is 11.6 Å². The standard InChI is InChI=1S/C18H17ClN2O6S/c1-2-28(25,26)20-8-7-12-9-13(3-5-15(12)20)17(22)11-27-18-6-4-14(19)10-16(18)21(23)24/h3-6,9-10H,2,7-8,11H2,1H3. The van der Waals surface area contributed by atoms with E-state index in [-0.39, 0.29) is 28.0 Å². The van der Waals surface area contributed by atoms with E-state index in [0.29, 0.717) is 24.2 Å². The smallest absolute Gasteiger partial charge is 0.312 e. The zero-order valence-corrected chi connectivity index (χ0v) is 16.5. The molecule has 1 aliphatic rings. The summed E-state index contributed by atoms with van der Waals surface area (Å²) < 4.78 is 30.9. The third-order valence-corrected chi connectivity index (χ3v) is 6.45. The third-order valence-electron chi connectivity index (χ3n) is 4.43. The minimum absolute atomic E-state index is 0.000827. The first-order chi connectivity index (χ1) is 13.2. The monoisotopic (exact) mass is 424 g/mol. The molecule has 10 heteroatoms. The maximum atomic E-state index is 12.4. The molecule has 0 saturated carbocycles. The van der Waals surface area contributed by atoms with Crippen LogP contribution in [-0.2, 0) is 16.4 Å². The molecule has 1 aliphatic heterocycles. The summed E-state index contributed by atoms with van der Waals surface area (Å²) in [6, 6.07) is 8.70. The lowest BCUT2D eigenvalue weighted by atomic mass is 10.1. The molecule has 8 nitrogen and oxygen atoms in total. The second-order valence-electron chi connectivity index (χ2n) is 6.15. The number of ether oxygens (including phenoxy) is 1. The number of nitro benzene ring substituents is 1. The number of nitrogens with zero attached hydrogens (tertiary/aromatic N) is 2. The number of rotatable bonds is 7. The fourth-order valence-corrected chi connectivity index (χ4v) is 4.30. The van der Waals surface area contributed by atoms with Gasteiger partial charge in [0, 0.05) is 23.2 Å². The quantitative estimate of drug-likeness (QED) is 0.383. The largest absolute Gasteiger partial charge is 0.478 e. The number of sulfonamides is 1. The molecule has 0 unspecified atom stereocenters. The average molecular weight is 425 g/mol. The molecule has 1 heterocycles. The van der Waals surface area contributed by atoms with E-state index in [0.717, 1.165) is 11.6 Å². The van der Waals surface area contributed by atoms with Gasteiger partial charge in [-0.25, -0.2) is 8.42 Å². The average Bonchev–Trinajstić information content (AvgIpc) is 3.10. The molecule has 2 aromatic rings. The summed E-state index contributed by atoms with van der Waals surface area (Å²) in [7, 11) is -3.36. The van der Waals surface area contributed by atoms with Crippen molar-refractivity contribution in [2.75, 3.05) is 23.2 Å². The van der Waals surface area contributed by atoms with Crippen LogP contribution in [-0.4, -0.2) is 38.0 Å². The highest BCUT2D eigenvalue weighted by Gasteiger charge is 2.28. The third kappa shape index (κ3) is 3.95. The number of hydrogen-bond acceptors (Lipinski definition) is 6. The fourth-order valence-electron chi connectivity index (χ4n) is 2.97. The van der Waals surface area contributed by atoms with E-state index in [9.17, 15) is 23.3 Å². The number of carbonyl (C=O) groups is 1. The molecule has 0 spiro atoms. The van der Waals surface area contributed by atoms with Gasteiger partial charge in [-0.3, -0.25) is 19.2 Å². The molecule has 0 atom stereocenters. The predicted octanol–water partition coefficient (Wildman–Crippen LogP) is 3.22. The van der Waals surface area contributed by atoms with Crippen molar-refractivity contribution in [3.8, 4) is 5.75 Å². The molecule has 0 aromatic heterocycles. The topological polar surface area (TPSA) is 107 Å². The molecular formula is C18H17ClN2O6S. The lowest BCUT2D eigenvalue weighted by Crippen LogP contribution is -2.30. The number of hydrogen-bond donors (Lipinski definition) is 0. The number of benzene rings is 2. The van der Waals surface area contributed by atoms with Crippen LogP contribution in [0.25, 0.3) is 0 Å². The van der Waals surface area contributed by atoms with Crippen molar-refractivity contribution in [1.29, 1.82) is 0 Å². The first-order valence-electron chi connectivity index (χ1n) is 8.46. The van der Waals surface area contributed by atoms with Crippen molar-refractivity contribution >= 4 is 38.8 Å². The Kier molecular flexibility index (Phi) is 5.57. The number of nitro groups is 1. The molecule has 0 radical (unpaired) electrons. The SMILES string of the molecule is CCS(=O)(=O)N1CCc2cc(C(=O)COc3ccc(Cl)cc3[N+](=O)[O-])ccc21. The van der Waals surface area contributed by atoms with Crippen LogP contribution in [0, 0.1) is 10.1 Å². The van der Waals surface area contributed by atoms with Gasteiger partial charge >= 0.3 is 5.69 Å². The molecule has 0 aliphatic carbocycles. The fraction of sp³-hybridized carbons (Fsp3) is 0.278. The van der Waals surface area contributed by atoms with Gasteiger partial charge in [0.1, 0.15) is 0 Å². The summed E-state index contributed by atoms with van der Waals surface area (Å²) in [5, 5.41) is 11.3. The van der Waals surface area contributed by atoms with Crippen molar-refractivity contribution in [1.82, 2.24) is 0 Å². The highest BCUT2D eigenvalue weighted by molar-refractivity contribution is 7.92. The Morgan fingerprint density at radius 1 is 1.29 bits per heavy atom. The van der Waals surface area contributed by atoms with Crippen LogP contribution < -0.4 is 9.04 Å². The number of Topliss-reactive ketones (excluding diaryl/α,β-unsaturated/α-hetero) is 1. The first-order valence-corrected chi connectivity index (χ1v) is 10.4. The van der Waals surface area contributed by atoms with E-state index in [1.54, 1.807) is 19.1 Å². The summed E-state index contributed by atoms with van der Waals surface area (Å²) in [6.07, 6.45) is 0.513. The highest BCUT2D eigenvalue weighted by atomic mass is 35.5. The Balaban J connectivity index is 1.76. The Hall–Kier alpha value is -2.65. The van der Waals surface area contributed by atoms with Crippen molar-refractivity contribution < 1.29 is 22.9 Å². The van der Waals surface area contributed by atoms with E-state index in [2.05, 4.69) is 0 Å². The number of carbonyl (C=O) groups excluding carboxylic acids is 1. The minimum atomic E-state index is -3.36. The number of fused-ring (bicyclic) bond motifs is 1. The van der Waals surface area contributed by atoms with Gasteiger partial charge < -0.3 is 4.74 Å². The maximum absolute atomic E-state index is 12.4. The van der Waals surface area contributed by atoms with Crippen LogP contribution in [0.2, 0.25) is 5.02 Å². The highest BCUT2D eigenvalue weighted by Crippen LogP contribution is 2.32. The maximum Gasteiger partial charge on any atom is 0.312 e. The molecular weight excluding hydrogens is 408 g/mol. The van der Waals surface area contributed by atoms with Crippen LogP contribution in [0.15, 0.2) is 36.4 Å². The van der Waals surface area contributed by atoms with Crippen molar-refractivity contribution in [2.24, 2.45) is 0 Å². The van der Waals surface area contributed by atoms with Gasteiger partial charge in [0.2, 0.25) is 10.0 Å². The van der Waals surface area contributed by atoms with Gasteiger partial charge in [-0.05, 0) is 49.2 Å². The molecule has 3 rings (SSSR count). The summed E-state index contributed by atoms with van der Waals surface area (Å²) in [5.74, 6) is -0.422. The zero-order chi connectivity index (χ0) is 20.5. The van der Waals surface area contributed by atoms with E-state index in [4.69, 9.17) is 16.3 Å². The van der Waals surface area contributed by atoms with Crippen LogP contribution in [0.1, 0.15) is 22.8 Å². The molecule has 0 amide bonds. The summed E-state index contributed by atoms with van der Waals surface area (Å²) >= 11 is 5.75. The Bertz CT molecular complexity index is 1050. The second-order valence-corrected chi connectivity index (χ2v) is 8.77. The summed E-state index contributed by atoms with van der Waals surface area (Å²) in [6.45, 7) is 1.54. The van der Waals surface area contributed by atoms with Crippen LogP contribution in [0.5, 0.6) is 5.75 Å². The van der Waals surface area contributed by atoms with Gasteiger partial charge in [0.25, 0.3) is 0 Å². The number of ketones is 1. The van der Waals surface area contributed by atoms with Gasteiger partial charge in [0.15, 0.2) is 18.1 Å². The number of halogens is 1. The first kappa shape index (κ1) is 20.1. The lowest BCUT2D eigenvalue weighted by molar-refractivity contribution is -0.385.